The van der Waals surface area contributed by atoms with Crippen LogP contribution in [0.1, 0.15) is 25.8 Å². The Labute approximate surface area is 135 Å². The fourth-order valence-electron chi connectivity index (χ4n) is 3.16. The van der Waals surface area contributed by atoms with Crippen LogP contribution in [-0.4, -0.2) is 41.9 Å². The van der Waals surface area contributed by atoms with Crippen molar-refractivity contribution >= 4 is 23.5 Å². The number of anilines is 1. The third kappa shape index (κ3) is 2.81. The number of fused-ring (bicyclic) bond motifs is 1. The largest absolute Gasteiger partial charge is 0.326 e. The summed E-state index contributed by atoms with van der Waals surface area (Å²) in [6.45, 7) is 4.15. The molecule has 0 aromatic heterocycles. The maximum atomic E-state index is 12.6. The second-order valence-corrected chi connectivity index (χ2v) is 6.37. The zero-order chi connectivity index (χ0) is 16.6. The minimum absolute atomic E-state index is 0.00210. The maximum Gasteiger partial charge on any atom is 0.325 e. The Morgan fingerprint density at radius 1 is 1.30 bits per heavy atom. The Morgan fingerprint density at radius 2 is 2.04 bits per heavy atom. The lowest BCUT2D eigenvalue weighted by Gasteiger charge is -2.30. The number of rotatable bonds is 3. The summed E-state index contributed by atoms with van der Waals surface area (Å²) < 4.78 is 0. The number of hydrogen-bond acceptors (Lipinski definition) is 3. The predicted molar refractivity (Wildman–Crippen MR) is 86.0 cm³/mol. The van der Waals surface area contributed by atoms with Crippen LogP contribution in [0.25, 0.3) is 0 Å². The van der Waals surface area contributed by atoms with Gasteiger partial charge in [-0.15, -0.1) is 0 Å². The van der Waals surface area contributed by atoms with Gasteiger partial charge in [0.25, 0.3) is 5.91 Å². The van der Waals surface area contributed by atoms with Gasteiger partial charge >= 0.3 is 6.03 Å². The molecular weight excluding hydrogens is 294 g/mol. The van der Waals surface area contributed by atoms with E-state index in [1.807, 2.05) is 38.1 Å². The molecule has 0 bridgehead atoms. The molecule has 1 atom stereocenters. The van der Waals surface area contributed by atoms with Crippen molar-refractivity contribution < 1.29 is 14.4 Å². The zero-order valence-electron chi connectivity index (χ0n) is 13.4. The number of benzene rings is 1. The Bertz CT molecular complexity index is 656. The number of carbonyl (C=O) groups excluding carboxylic acids is 3. The molecule has 2 aliphatic heterocycles. The first-order chi connectivity index (χ1) is 11.0. The molecule has 4 amide bonds. The third-order valence-electron chi connectivity index (χ3n) is 4.43. The van der Waals surface area contributed by atoms with Gasteiger partial charge < -0.3 is 10.2 Å². The van der Waals surface area contributed by atoms with E-state index in [0.29, 0.717) is 6.54 Å². The number of para-hydroxylation sites is 1. The smallest absolute Gasteiger partial charge is 0.325 e. The van der Waals surface area contributed by atoms with Gasteiger partial charge in [-0.2, -0.15) is 0 Å². The molecule has 6 heteroatoms. The van der Waals surface area contributed by atoms with Crippen LogP contribution in [0.2, 0.25) is 0 Å². The van der Waals surface area contributed by atoms with Crippen LogP contribution < -0.4 is 10.2 Å². The summed E-state index contributed by atoms with van der Waals surface area (Å²) in [6.07, 6.45) is 1.83. The van der Waals surface area contributed by atoms with E-state index in [0.717, 1.165) is 29.0 Å². The van der Waals surface area contributed by atoms with Crippen molar-refractivity contribution in [2.24, 2.45) is 5.92 Å². The normalized spacial score (nSPS) is 20.7. The molecule has 2 heterocycles. The van der Waals surface area contributed by atoms with Crippen LogP contribution in [0.15, 0.2) is 24.3 Å². The van der Waals surface area contributed by atoms with Crippen LogP contribution in [0.4, 0.5) is 10.5 Å². The molecule has 1 fully saturated rings. The molecule has 0 aliphatic carbocycles. The minimum atomic E-state index is -0.538. The van der Waals surface area contributed by atoms with Crippen molar-refractivity contribution in [3.63, 3.8) is 0 Å². The number of hydrogen-bond donors (Lipinski definition) is 1. The Hall–Kier alpha value is -2.37. The average molecular weight is 315 g/mol. The van der Waals surface area contributed by atoms with Crippen molar-refractivity contribution in [1.29, 1.82) is 0 Å². The quantitative estimate of drug-likeness (QED) is 0.860. The highest BCUT2D eigenvalue weighted by atomic mass is 16.2. The van der Waals surface area contributed by atoms with Crippen LogP contribution in [-0.2, 0) is 16.0 Å². The SMILES string of the molecule is CC(C)C1NC(=O)N(CC(=O)N2CCCc3ccccc32)C1=O. The summed E-state index contributed by atoms with van der Waals surface area (Å²) in [7, 11) is 0. The monoisotopic (exact) mass is 315 g/mol. The van der Waals surface area contributed by atoms with Gasteiger partial charge in [-0.1, -0.05) is 32.0 Å². The van der Waals surface area contributed by atoms with Crippen molar-refractivity contribution in [2.75, 3.05) is 18.0 Å². The number of urea groups is 1. The second-order valence-electron chi connectivity index (χ2n) is 6.37. The first-order valence-corrected chi connectivity index (χ1v) is 7.99. The number of amides is 4. The molecule has 1 N–H and O–H groups in total. The number of nitrogens with one attached hydrogen (secondary N) is 1. The first-order valence-electron chi connectivity index (χ1n) is 7.99. The highest BCUT2D eigenvalue weighted by Gasteiger charge is 2.41. The van der Waals surface area contributed by atoms with Gasteiger partial charge in [0.2, 0.25) is 5.91 Å². The van der Waals surface area contributed by atoms with Crippen LogP contribution in [0, 0.1) is 5.92 Å². The Kier molecular flexibility index (Phi) is 4.07. The molecule has 2 aliphatic rings. The summed E-state index contributed by atoms with van der Waals surface area (Å²) in [5.41, 5.74) is 2.01. The van der Waals surface area contributed by atoms with Crippen molar-refractivity contribution in [1.82, 2.24) is 10.2 Å². The third-order valence-corrected chi connectivity index (χ3v) is 4.43. The lowest BCUT2D eigenvalue weighted by atomic mass is 10.0. The molecule has 1 aromatic carbocycles. The number of imide groups is 1. The number of aryl methyl sites for hydroxylation is 1. The summed E-state index contributed by atoms with van der Waals surface area (Å²) in [5, 5.41) is 2.65. The van der Waals surface area contributed by atoms with E-state index in [4.69, 9.17) is 0 Å². The predicted octanol–water partition coefficient (Wildman–Crippen LogP) is 1.54. The number of nitrogens with zero attached hydrogens (tertiary/aromatic N) is 2. The average Bonchev–Trinajstić information content (AvgIpc) is 2.82. The van der Waals surface area contributed by atoms with E-state index < -0.39 is 12.1 Å². The first kappa shape index (κ1) is 15.5. The van der Waals surface area contributed by atoms with Crippen LogP contribution in [0.5, 0.6) is 0 Å². The summed E-state index contributed by atoms with van der Waals surface area (Å²) in [4.78, 5) is 39.6. The topological polar surface area (TPSA) is 69.7 Å². The standard InChI is InChI=1S/C17H21N3O3/c1-11(2)15-16(22)20(17(23)18-15)10-14(21)19-9-5-7-12-6-3-4-8-13(12)19/h3-4,6,8,11,15H,5,7,9-10H2,1-2H3,(H,18,23). The molecule has 0 spiro atoms. The van der Waals surface area contributed by atoms with Crippen LogP contribution >= 0.6 is 0 Å². The molecular formula is C17H21N3O3. The molecule has 6 nitrogen and oxygen atoms in total. The lowest BCUT2D eigenvalue weighted by molar-refractivity contribution is -0.132. The maximum absolute atomic E-state index is 12.6. The molecule has 1 aromatic rings. The van der Waals surface area contributed by atoms with Gasteiger partial charge in [0.05, 0.1) is 0 Å². The molecule has 3 rings (SSSR count). The van der Waals surface area contributed by atoms with E-state index in [1.165, 1.54) is 0 Å². The highest BCUT2D eigenvalue weighted by Crippen LogP contribution is 2.27. The summed E-state index contributed by atoms with van der Waals surface area (Å²) >= 11 is 0. The number of carbonyl (C=O) groups is 3. The van der Waals surface area contributed by atoms with E-state index in [2.05, 4.69) is 5.32 Å². The van der Waals surface area contributed by atoms with Crippen molar-refractivity contribution in [2.45, 2.75) is 32.7 Å². The van der Waals surface area contributed by atoms with Crippen molar-refractivity contribution in [3.05, 3.63) is 29.8 Å². The summed E-state index contributed by atoms with van der Waals surface area (Å²) in [5.74, 6) is -0.532. The van der Waals surface area contributed by atoms with Gasteiger partial charge in [-0.05, 0) is 30.4 Å². The molecule has 0 radical (unpaired) electrons. The highest BCUT2D eigenvalue weighted by molar-refractivity contribution is 6.08. The Morgan fingerprint density at radius 3 is 2.74 bits per heavy atom. The zero-order valence-corrected chi connectivity index (χ0v) is 13.4. The summed E-state index contributed by atoms with van der Waals surface area (Å²) in [6, 6.07) is 6.76. The fraction of sp³-hybridized carbons (Fsp3) is 0.471. The minimum Gasteiger partial charge on any atom is -0.326 e. The van der Waals surface area contributed by atoms with Crippen LogP contribution in [0.3, 0.4) is 0 Å². The van der Waals surface area contributed by atoms with Crippen molar-refractivity contribution in [3.8, 4) is 0 Å². The lowest BCUT2D eigenvalue weighted by Crippen LogP contribution is -2.45. The van der Waals surface area contributed by atoms with Gasteiger partial charge in [0.15, 0.2) is 0 Å². The Balaban J connectivity index is 1.76. The molecule has 1 saturated heterocycles. The fourth-order valence-corrected chi connectivity index (χ4v) is 3.16. The van der Waals surface area contributed by atoms with Gasteiger partial charge in [0, 0.05) is 12.2 Å². The van der Waals surface area contributed by atoms with Gasteiger partial charge in [-0.25, -0.2) is 4.79 Å². The molecule has 122 valence electrons. The molecule has 23 heavy (non-hydrogen) atoms. The van der Waals surface area contributed by atoms with E-state index in [9.17, 15) is 14.4 Å². The second kappa shape index (κ2) is 6.02. The van der Waals surface area contributed by atoms with E-state index >= 15 is 0 Å². The molecule has 1 unspecified atom stereocenters. The molecule has 0 saturated carbocycles. The van der Waals surface area contributed by atoms with Gasteiger partial charge in [0.1, 0.15) is 12.6 Å². The van der Waals surface area contributed by atoms with Gasteiger partial charge in [-0.3, -0.25) is 14.5 Å². The van der Waals surface area contributed by atoms with E-state index in [1.54, 1.807) is 4.90 Å². The van der Waals surface area contributed by atoms with E-state index in [-0.39, 0.29) is 24.3 Å².